The summed E-state index contributed by atoms with van der Waals surface area (Å²) in [5.74, 6) is 0.635. The molecule has 1 unspecified atom stereocenters. The third-order valence-corrected chi connectivity index (χ3v) is 8.98. The predicted molar refractivity (Wildman–Crippen MR) is 173 cm³/mol. The fourth-order valence-electron chi connectivity index (χ4n) is 5.99. The summed E-state index contributed by atoms with van der Waals surface area (Å²) in [7, 11) is 2.13. The lowest BCUT2D eigenvalue weighted by Gasteiger charge is -2.28. The highest BCUT2D eigenvalue weighted by Crippen LogP contribution is 2.22. The minimum atomic E-state index is -0.0165. The van der Waals surface area contributed by atoms with E-state index in [9.17, 15) is 9.59 Å². The van der Waals surface area contributed by atoms with Gasteiger partial charge in [0, 0.05) is 6.42 Å². The molecule has 5 heteroatoms. The molecule has 0 aromatic rings. The summed E-state index contributed by atoms with van der Waals surface area (Å²) < 4.78 is 11.3. The highest BCUT2D eigenvalue weighted by molar-refractivity contribution is 5.72. The van der Waals surface area contributed by atoms with Gasteiger partial charge in [0.25, 0.3) is 0 Å². The lowest BCUT2D eigenvalue weighted by atomic mass is 9.94. The van der Waals surface area contributed by atoms with Crippen LogP contribution in [0, 0.1) is 11.8 Å². The zero-order valence-electron chi connectivity index (χ0n) is 27.7. The van der Waals surface area contributed by atoms with E-state index >= 15 is 0 Å². The molecule has 1 aliphatic heterocycles. The molecule has 0 spiro atoms. The van der Waals surface area contributed by atoms with Crippen LogP contribution in [0.4, 0.5) is 0 Å². The molecule has 0 amide bonds. The van der Waals surface area contributed by atoms with Crippen molar-refractivity contribution >= 4 is 11.9 Å². The normalized spacial score (nSPS) is 15.2. The van der Waals surface area contributed by atoms with Crippen molar-refractivity contribution in [2.24, 2.45) is 11.8 Å². The van der Waals surface area contributed by atoms with Crippen molar-refractivity contribution in [2.45, 2.75) is 174 Å². The Labute approximate surface area is 255 Å². The summed E-state index contributed by atoms with van der Waals surface area (Å²) in [6.07, 6.45) is 29.8. The summed E-state index contributed by atoms with van der Waals surface area (Å²) in [4.78, 5) is 26.9. The average Bonchev–Trinajstić information content (AvgIpc) is 2.97. The molecule has 0 N–H and O–H groups in total. The highest BCUT2D eigenvalue weighted by Gasteiger charge is 2.25. The van der Waals surface area contributed by atoms with Crippen LogP contribution < -0.4 is 0 Å². The molecule has 0 saturated carbocycles. The van der Waals surface area contributed by atoms with Crippen LogP contribution in [0.2, 0.25) is 0 Å². The Morgan fingerprint density at radius 1 is 0.634 bits per heavy atom. The standard InChI is InChI=1S/C36H69NO4/c1-4-6-8-10-12-13-16-20-24-33(32-41-36(39)34-27-29-37(3)30-28-34)25-21-17-14-15-18-22-26-35(38)40-31-23-19-11-9-7-5-2/h33-34H,4-32H2,1-3H3. The van der Waals surface area contributed by atoms with Crippen LogP contribution in [0.15, 0.2) is 0 Å². The van der Waals surface area contributed by atoms with Crippen molar-refractivity contribution in [3.63, 3.8) is 0 Å². The number of unbranched alkanes of at least 4 members (excludes halogenated alkanes) is 17. The topological polar surface area (TPSA) is 55.8 Å². The number of esters is 2. The van der Waals surface area contributed by atoms with Gasteiger partial charge in [-0.2, -0.15) is 0 Å². The zero-order chi connectivity index (χ0) is 29.8. The molecule has 0 aromatic carbocycles. The van der Waals surface area contributed by atoms with Gasteiger partial charge in [0.15, 0.2) is 0 Å². The molecule has 0 aliphatic carbocycles. The monoisotopic (exact) mass is 580 g/mol. The van der Waals surface area contributed by atoms with Crippen molar-refractivity contribution in [2.75, 3.05) is 33.4 Å². The quantitative estimate of drug-likeness (QED) is 0.0682. The average molecular weight is 580 g/mol. The number of piperidine rings is 1. The summed E-state index contributed by atoms with van der Waals surface area (Å²) in [6, 6.07) is 0. The molecule has 1 aliphatic rings. The van der Waals surface area contributed by atoms with Crippen LogP contribution in [0.1, 0.15) is 174 Å². The highest BCUT2D eigenvalue weighted by atomic mass is 16.5. The smallest absolute Gasteiger partial charge is 0.309 e. The van der Waals surface area contributed by atoms with Crippen LogP contribution in [0.25, 0.3) is 0 Å². The van der Waals surface area contributed by atoms with Crippen molar-refractivity contribution in [3.05, 3.63) is 0 Å². The van der Waals surface area contributed by atoms with Crippen molar-refractivity contribution in [1.29, 1.82) is 0 Å². The summed E-state index contributed by atoms with van der Waals surface area (Å²) in [5, 5.41) is 0. The lowest BCUT2D eigenvalue weighted by molar-refractivity contribution is -0.151. The van der Waals surface area contributed by atoms with Gasteiger partial charge >= 0.3 is 11.9 Å². The van der Waals surface area contributed by atoms with Gasteiger partial charge < -0.3 is 14.4 Å². The number of carbonyl (C=O) groups excluding carboxylic acids is 2. The van der Waals surface area contributed by atoms with Crippen LogP contribution in [0.5, 0.6) is 0 Å². The summed E-state index contributed by atoms with van der Waals surface area (Å²) in [5.41, 5.74) is 0. The fraction of sp³-hybridized carbons (Fsp3) is 0.944. The minimum absolute atomic E-state index is 0.0165. The van der Waals surface area contributed by atoms with Gasteiger partial charge in [-0.3, -0.25) is 9.59 Å². The van der Waals surface area contributed by atoms with Gasteiger partial charge in [-0.15, -0.1) is 0 Å². The van der Waals surface area contributed by atoms with E-state index in [1.54, 1.807) is 0 Å². The Kier molecular flexibility index (Phi) is 25.6. The molecule has 1 atom stereocenters. The van der Waals surface area contributed by atoms with Crippen LogP contribution in [-0.4, -0.2) is 50.2 Å². The number of likely N-dealkylation sites (tertiary alicyclic amines) is 1. The van der Waals surface area contributed by atoms with E-state index in [-0.39, 0.29) is 17.9 Å². The molecule has 1 heterocycles. The fourth-order valence-corrected chi connectivity index (χ4v) is 5.99. The van der Waals surface area contributed by atoms with Crippen LogP contribution in [-0.2, 0) is 19.1 Å². The Morgan fingerprint density at radius 2 is 1.10 bits per heavy atom. The maximum atomic E-state index is 12.7. The second-order valence-electron chi connectivity index (χ2n) is 13.0. The lowest BCUT2D eigenvalue weighted by Crippen LogP contribution is -2.34. The molecule has 1 saturated heterocycles. The first-order valence-electron chi connectivity index (χ1n) is 18.1. The maximum absolute atomic E-state index is 12.7. The molecular weight excluding hydrogens is 510 g/mol. The third-order valence-electron chi connectivity index (χ3n) is 8.98. The van der Waals surface area contributed by atoms with Gasteiger partial charge in [-0.05, 0) is 64.6 Å². The van der Waals surface area contributed by atoms with E-state index in [0.717, 1.165) is 45.2 Å². The second-order valence-corrected chi connectivity index (χ2v) is 13.0. The predicted octanol–water partition coefficient (Wildman–Crippen LogP) is 10.0. The van der Waals surface area contributed by atoms with Crippen LogP contribution >= 0.6 is 0 Å². The maximum Gasteiger partial charge on any atom is 0.309 e. The number of ether oxygens (including phenoxy) is 2. The number of hydrogen-bond acceptors (Lipinski definition) is 5. The van der Waals surface area contributed by atoms with E-state index < -0.39 is 0 Å². The first-order chi connectivity index (χ1) is 20.1. The largest absolute Gasteiger partial charge is 0.466 e. The molecule has 242 valence electrons. The van der Waals surface area contributed by atoms with E-state index in [1.165, 1.54) is 122 Å². The Balaban J connectivity index is 2.15. The molecule has 5 nitrogen and oxygen atoms in total. The van der Waals surface area contributed by atoms with Crippen molar-refractivity contribution < 1.29 is 19.1 Å². The molecule has 0 aromatic heterocycles. The second kappa shape index (κ2) is 27.7. The Morgan fingerprint density at radius 3 is 1.63 bits per heavy atom. The van der Waals surface area contributed by atoms with Crippen molar-refractivity contribution in [3.8, 4) is 0 Å². The Hall–Kier alpha value is -1.10. The molecular formula is C36H69NO4. The first kappa shape index (κ1) is 37.9. The summed E-state index contributed by atoms with van der Waals surface area (Å²) in [6.45, 7) is 7.72. The molecule has 1 rings (SSSR count). The molecule has 0 radical (unpaired) electrons. The molecule has 1 fully saturated rings. The SMILES string of the molecule is CCCCCCCCCCC(CCCCCCCCC(=O)OCCCCCCCC)COC(=O)C1CCN(C)CC1. The van der Waals surface area contributed by atoms with E-state index in [1.807, 2.05) is 0 Å². The molecule has 41 heavy (non-hydrogen) atoms. The first-order valence-corrected chi connectivity index (χ1v) is 18.1. The van der Waals surface area contributed by atoms with Gasteiger partial charge in [0.05, 0.1) is 19.1 Å². The van der Waals surface area contributed by atoms with E-state index in [0.29, 0.717) is 25.6 Å². The van der Waals surface area contributed by atoms with Gasteiger partial charge in [0.2, 0.25) is 0 Å². The minimum Gasteiger partial charge on any atom is -0.466 e. The van der Waals surface area contributed by atoms with Crippen LogP contribution in [0.3, 0.4) is 0 Å². The summed E-state index contributed by atoms with van der Waals surface area (Å²) >= 11 is 0. The van der Waals surface area contributed by atoms with Gasteiger partial charge in [-0.1, -0.05) is 129 Å². The Bertz CT molecular complexity index is 602. The number of carbonyl (C=O) groups is 2. The number of nitrogens with zero attached hydrogens (tertiary/aromatic N) is 1. The number of rotatable bonds is 28. The van der Waals surface area contributed by atoms with Crippen molar-refractivity contribution in [1.82, 2.24) is 4.90 Å². The van der Waals surface area contributed by atoms with E-state index in [2.05, 4.69) is 25.8 Å². The van der Waals surface area contributed by atoms with Gasteiger partial charge in [-0.25, -0.2) is 0 Å². The van der Waals surface area contributed by atoms with Gasteiger partial charge in [0.1, 0.15) is 0 Å². The zero-order valence-corrected chi connectivity index (χ0v) is 27.7. The third kappa shape index (κ3) is 23.1. The number of hydrogen-bond donors (Lipinski definition) is 0. The van der Waals surface area contributed by atoms with E-state index in [4.69, 9.17) is 9.47 Å². The molecule has 0 bridgehead atoms.